The normalized spacial score (nSPS) is 18.2. The predicted octanol–water partition coefficient (Wildman–Crippen LogP) is 2.52. The number of piperidine rings is 1. The van der Waals surface area contributed by atoms with Gasteiger partial charge in [0.25, 0.3) is 0 Å². The molecule has 9 heteroatoms. The van der Waals surface area contributed by atoms with Crippen LogP contribution in [0.15, 0.2) is 22.5 Å². The van der Waals surface area contributed by atoms with E-state index >= 15 is 0 Å². The Bertz CT molecular complexity index is 642. The third-order valence-corrected chi connectivity index (χ3v) is 7.30. The molecule has 1 saturated heterocycles. The van der Waals surface area contributed by atoms with E-state index in [0.717, 1.165) is 31.8 Å². The summed E-state index contributed by atoms with van der Waals surface area (Å²) in [4.78, 5) is 5.70. The molecule has 0 radical (unpaired) electrons. The first-order valence-electron chi connectivity index (χ1n) is 8.92. The maximum Gasteiger partial charge on any atom is 0.213 e. The number of nitrogens with zero attached hydrogens (tertiary/aromatic N) is 2. The van der Waals surface area contributed by atoms with Gasteiger partial charge in [-0.25, -0.2) is 12.7 Å². The van der Waals surface area contributed by atoms with Crippen LogP contribution in [0.5, 0.6) is 0 Å². The summed E-state index contributed by atoms with van der Waals surface area (Å²) < 4.78 is 25.4. The average Bonchev–Trinajstić information content (AvgIpc) is 3.12. The smallest absolute Gasteiger partial charge is 0.213 e. The highest BCUT2D eigenvalue weighted by molar-refractivity contribution is 14.0. The summed E-state index contributed by atoms with van der Waals surface area (Å²) in [7, 11) is -1.29. The lowest BCUT2D eigenvalue weighted by molar-refractivity contribution is 0.306. The van der Waals surface area contributed by atoms with Gasteiger partial charge in [0.15, 0.2) is 5.96 Å². The van der Waals surface area contributed by atoms with Crippen molar-refractivity contribution in [1.82, 2.24) is 14.9 Å². The van der Waals surface area contributed by atoms with Crippen LogP contribution >= 0.6 is 35.3 Å². The zero-order valence-corrected chi connectivity index (χ0v) is 19.7. The van der Waals surface area contributed by atoms with Gasteiger partial charge in [0, 0.05) is 37.6 Å². The number of halogens is 1. The van der Waals surface area contributed by atoms with Gasteiger partial charge in [-0.05, 0) is 43.6 Å². The fourth-order valence-electron chi connectivity index (χ4n) is 2.96. The van der Waals surface area contributed by atoms with E-state index < -0.39 is 10.0 Å². The van der Waals surface area contributed by atoms with Crippen LogP contribution in [0.2, 0.25) is 0 Å². The Hall–Kier alpha value is -0.390. The Morgan fingerprint density at radius 3 is 2.65 bits per heavy atom. The number of sulfonamides is 1. The Labute approximate surface area is 178 Å². The first kappa shape index (κ1) is 23.6. The summed E-state index contributed by atoms with van der Waals surface area (Å²) in [5, 5.41) is 8.94. The van der Waals surface area contributed by atoms with E-state index in [1.807, 2.05) is 0 Å². The standard InChI is InChI=1S/C17H30N4O2S2.HI/c1-4-25(22,23)21-9-7-15(8-10-21)20-17(18-3)19-13-14(2)12-16-6-5-11-24-16;/h5-6,11,14-15H,4,7-10,12-13H2,1-3H3,(H2,18,19,20);1H. The van der Waals surface area contributed by atoms with Gasteiger partial charge in [0.1, 0.15) is 0 Å². The minimum Gasteiger partial charge on any atom is -0.356 e. The van der Waals surface area contributed by atoms with Crippen molar-refractivity contribution >= 4 is 51.3 Å². The van der Waals surface area contributed by atoms with Crippen molar-refractivity contribution in [1.29, 1.82) is 0 Å². The van der Waals surface area contributed by atoms with E-state index in [9.17, 15) is 8.42 Å². The third-order valence-electron chi connectivity index (χ3n) is 4.52. The zero-order valence-electron chi connectivity index (χ0n) is 15.8. The lowest BCUT2D eigenvalue weighted by Crippen LogP contribution is -2.50. The van der Waals surface area contributed by atoms with Crippen molar-refractivity contribution in [3.8, 4) is 0 Å². The molecule has 0 spiro atoms. The molecular weight excluding hydrogens is 483 g/mol. The number of rotatable bonds is 7. The SMILES string of the molecule is CCS(=O)(=O)N1CCC(NC(=NC)NCC(C)Cc2cccs2)CC1.I. The molecule has 1 aromatic rings. The second-order valence-corrected chi connectivity index (χ2v) is 9.85. The fourth-order valence-corrected chi connectivity index (χ4v) is 4.97. The molecule has 1 atom stereocenters. The van der Waals surface area contributed by atoms with Gasteiger partial charge >= 0.3 is 0 Å². The molecule has 2 rings (SSSR count). The molecule has 0 aromatic carbocycles. The van der Waals surface area contributed by atoms with Crippen LogP contribution in [0.3, 0.4) is 0 Å². The topological polar surface area (TPSA) is 73.8 Å². The van der Waals surface area contributed by atoms with Crippen LogP contribution < -0.4 is 10.6 Å². The van der Waals surface area contributed by atoms with Crippen LogP contribution in [0.4, 0.5) is 0 Å². The van der Waals surface area contributed by atoms with Crippen LogP contribution in [-0.2, 0) is 16.4 Å². The second-order valence-electron chi connectivity index (χ2n) is 6.56. The predicted molar refractivity (Wildman–Crippen MR) is 121 cm³/mol. The Morgan fingerprint density at radius 1 is 1.42 bits per heavy atom. The molecule has 26 heavy (non-hydrogen) atoms. The molecule has 0 aliphatic carbocycles. The maximum atomic E-state index is 11.9. The number of hydrogen-bond donors (Lipinski definition) is 2. The molecule has 2 N–H and O–H groups in total. The molecule has 6 nitrogen and oxygen atoms in total. The summed E-state index contributed by atoms with van der Waals surface area (Å²) in [5.41, 5.74) is 0. The molecule has 0 amide bonds. The summed E-state index contributed by atoms with van der Waals surface area (Å²) in [6, 6.07) is 4.53. The van der Waals surface area contributed by atoms with Crippen molar-refractivity contribution in [2.45, 2.75) is 39.2 Å². The molecular formula is C17H31IN4O2S2. The van der Waals surface area contributed by atoms with E-state index in [1.54, 1.807) is 29.6 Å². The van der Waals surface area contributed by atoms with Gasteiger partial charge in [-0.1, -0.05) is 13.0 Å². The zero-order chi connectivity index (χ0) is 18.3. The van der Waals surface area contributed by atoms with E-state index in [0.29, 0.717) is 19.0 Å². The van der Waals surface area contributed by atoms with E-state index in [-0.39, 0.29) is 35.8 Å². The van der Waals surface area contributed by atoms with Crippen molar-refractivity contribution in [3.63, 3.8) is 0 Å². The Balaban J connectivity index is 0.00000338. The molecule has 0 bridgehead atoms. The lowest BCUT2D eigenvalue weighted by atomic mass is 10.1. The first-order valence-corrected chi connectivity index (χ1v) is 11.4. The molecule has 1 aliphatic rings. The first-order chi connectivity index (χ1) is 11.9. The largest absolute Gasteiger partial charge is 0.356 e. The van der Waals surface area contributed by atoms with Crippen LogP contribution in [0.25, 0.3) is 0 Å². The van der Waals surface area contributed by atoms with Crippen LogP contribution in [-0.4, -0.2) is 57.2 Å². The maximum absolute atomic E-state index is 11.9. The molecule has 1 unspecified atom stereocenters. The highest BCUT2D eigenvalue weighted by Gasteiger charge is 2.27. The van der Waals surface area contributed by atoms with Crippen molar-refractivity contribution in [2.75, 3.05) is 32.4 Å². The molecule has 150 valence electrons. The number of thiophene rings is 1. The van der Waals surface area contributed by atoms with Crippen molar-refractivity contribution in [3.05, 3.63) is 22.4 Å². The number of aliphatic imine (C=N–C) groups is 1. The minimum absolute atomic E-state index is 0. The van der Waals surface area contributed by atoms with Crippen LogP contribution in [0.1, 0.15) is 31.6 Å². The average molecular weight is 514 g/mol. The molecule has 1 aliphatic heterocycles. The second kappa shape index (κ2) is 11.5. The van der Waals surface area contributed by atoms with E-state index in [2.05, 4.69) is 40.1 Å². The van der Waals surface area contributed by atoms with Gasteiger partial charge in [-0.3, -0.25) is 4.99 Å². The van der Waals surface area contributed by atoms with Gasteiger partial charge in [-0.15, -0.1) is 35.3 Å². The minimum atomic E-state index is -3.06. The van der Waals surface area contributed by atoms with Crippen molar-refractivity contribution < 1.29 is 8.42 Å². The molecule has 0 saturated carbocycles. The van der Waals surface area contributed by atoms with E-state index in [4.69, 9.17) is 0 Å². The highest BCUT2D eigenvalue weighted by Crippen LogP contribution is 2.15. The van der Waals surface area contributed by atoms with Gasteiger partial charge in [0.05, 0.1) is 5.75 Å². The highest BCUT2D eigenvalue weighted by atomic mass is 127. The fraction of sp³-hybridized carbons (Fsp3) is 0.706. The summed E-state index contributed by atoms with van der Waals surface area (Å²) >= 11 is 1.80. The number of nitrogens with one attached hydrogen (secondary N) is 2. The van der Waals surface area contributed by atoms with E-state index in [1.165, 1.54) is 4.88 Å². The number of guanidine groups is 1. The monoisotopic (exact) mass is 514 g/mol. The molecule has 1 aromatic heterocycles. The summed E-state index contributed by atoms with van der Waals surface area (Å²) in [6.07, 6.45) is 2.68. The van der Waals surface area contributed by atoms with Crippen molar-refractivity contribution in [2.24, 2.45) is 10.9 Å². The quantitative estimate of drug-likeness (QED) is 0.333. The molecule has 1 fully saturated rings. The summed E-state index contributed by atoms with van der Waals surface area (Å²) in [6.45, 7) is 5.96. The van der Waals surface area contributed by atoms with Gasteiger partial charge < -0.3 is 10.6 Å². The third kappa shape index (κ3) is 7.32. The van der Waals surface area contributed by atoms with Gasteiger partial charge in [-0.2, -0.15) is 0 Å². The Morgan fingerprint density at radius 2 is 2.12 bits per heavy atom. The van der Waals surface area contributed by atoms with Crippen LogP contribution in [0, 0.1) is 5.92 Å². The Kier molecular flexibility index (Phi) is 10.4. The molecule has 2 heterocycles. The van der Waals surface area contributed by atoms with Gasteiger partial charge in [0.2, 0.25) is 10.0 Å². The lowest BCUT2D eigenvalue weighted by Gasteiger charge is -2.32. The number of hydrogen-bond acceptors (Lipinski definition) is 4. The summed E-state index contributed by atoms with van der Waals surface area (Å²) in [5.74, 6) is 1.50.